The van der Waals surface area contributed by atoms with Gasteiger partial charge in [-0.1, -0.05) is 11.6 Å². The molecule has 1 atom stereocenters. The Hall–Kier alpha value is -3.11. The van der Waals surface area contributed by atoms with Crippen LogP contribution in [0.3, 0.4) is 0 Å². The molecule has 3 aromatic rings. The second kappa shape index (κ2) is 10.2. The van der Waals surface area contributed by atoms with E-state index < -0.39 is 11.8 Å². The minimum atomic E-state index is -0.709. The van der Waals surface area contributed by atoms with Crippen molar-refractivity contribution in [1.29, 1.82) is 0 Å². The zero-order valence-electron chi connectivity index (χ0n) is 19.2. The summed E-state index contributed by atoms with van der Waals surface area (Å²) in [5, 5.41) is 12.1. The first-order valence-corrected chi connectivity index (χ1v) is 12.2. The standard InChI is InChI=1S/C24H27ClFN7O2/c25-18-11-16(2-3-19(18)26)30-23-22-20(28-14-29-23)12-27-24(31-22)33-10-7-17(13-33)32-8-5-15(6-9-32)1-4-21(34)35/h2-3,11-12,14-15,17H,1,4-10,13H2,(H,34,35)(H,28,29,30). The third-order valence-corrected chi connectivity index (χ3v) is 7.21. The van der Waals surface area contributed by atoms with Crippen molar-refractivity contribution < 1.29 is 14.3 Å². The number of piperidine rings is 1. The summed E-state index contributed by atoms with van der Waals surface area (Å²) in [4.78, 5) is 33.5. The molecule has 5 rings (SSSR count). The Morgan fingerprint density at radius 2 is 2.00 bits per heavy atom. The number of nitrogens with one attached hydrogen (secondary N) is 1. The molecular weight excluding hydrogens is 473 g/mol. The van der Waals surface area contributed by atoms with Crippen LogP contribution in [-0.2, 0) is 4.79 Å². The summed E-state index contributed by atoms with van der Waals surface area (Å²) in [6.07, 6.45) is 7.30. The summed E-state index contributed by atoms with van der Waals surface area (Å²) >= 11 is 5.92. The number of nitrogens with zero attached hydrogens (tertiary/aromatic N) is 6. The van der Waals surface area contributed by atoms with Gasteiger partial charge in [-0.15, -0.1) is 0 Å². The Morgan fingerprint density at radius 1 is 1.17 bits per heavy atom. The molecule has 9 nitrogen and oxygen atoms in total. The first-order chi connectivity index (χ1) is 17.0. The molecule has 1 aromatic carbocycles. The number of aromatic nitrogens is 4. The van der Waals surface area contributed by atoms with Crippen LogP contribution in [0.25, 0.3) is 11.0 Å². The molecule has 0 radical (unpaired) electrons. The first kappa shape index (κ1) is 23.6. The van der Waals surface area contributed by atoms with E-state index in [1.807, 2.05) is 0 Å². The van der Waals surface area contributed by atoms with Gasteiger partial charge in [0.1, 0.15) is 23.2 Å². The Morgan fingerprint density at radius 3 is 2.77 bits per heavy atom. The minimum Gasteiger partial charge on any atom is -0.481 e. The summed E-state index contributed by atoms with van der Waals surface area (Å²) in [5.74, 6) is 0.444. The fourth-order valence-electron chi connectivity index (χ4n) is 4.96. The van der Waals surface area contributed by atoms with Gasteiger partial charge in [-0.05, 0) is 62.9 Å². The molecule has 35 heavy (non-hydrogen) atoms. The Balaban J connectivity index is 1.26. The maximum absolute atomic E-state index is 13.5. The zero-order chi connectivity index (χ0) is 24.4. The molecule has 0 aliphatic carbocycles. The molecule has 11 heteroatoms. The predicted octanol–water partition coefficient (Wildman–Crippen LogP) is 4.11. The van der Waals surface area contributed by atoms with E-state index in [1.54, 1.807) is 12.3 Å². The van der Waals surface area contributed by atoms with Crippen LogP contribution in [0.5, 0.6) is 0 Å². The van der Waals surface area contributed by atoms with Gasteiger partial charge in [0.2, 0.25) is 5.95 Å². The van der Waals surface area contributed by atoms with Crippen LogP contribution in [0.1, 0.15) is 32.1 Å². The molecule has 0 saturated carbocycles. The third-order valence-electron chi connectivity index (χ3n) is 6.93. The highest BCUT2D eigenvalue weighted by atomic mass is 35.5. The highest BCUT2D eigenvalue weighted by Crippen LogP contribution is 2.29. The van der Waals surface area contributed by atoms with E-state index >= 15 is 0 Å². The van der Waals surface area contributed by atoms with Crippen molar-refractivity contribution in [1.82, 2.24) is 24.8 Å². The van der Waals surface area contributed by atoms with Crippen molar-refractivity contribution in [2.75, 3.05) is 36.4 Å². The minimum absolute atomic E-state index is 0.0257. The number of halogens is 2. The monoisotopic (exact) mass is 499 g/mol. The van der Waals surface area contributed by atoms with E-state index in [1.165, 1.54) is 18.5 Å². The molecule has 2 saturated heterocycles. The first-order valence-electron chi connectivity index (χ1n) is 11.9. The number of anilines is 3. The number of hydrogen-bond donors (Lipinski definition) is 2. The van der Waals surface area contributed by atoms with E-state index in [2.05, 4.69) is 30.1 Å². The van der Waals surface area contributed by atoms with E-state index in [0.717, 1.165) is 51.9 Å². The summed E-state index contributed by atoms with van der Waals surface area (Å²) in [7, 11) is 0. The SMILES string of the molecule is O=C(O)CCC1CCN(C2CCN(c3ncc4ncnc(Nc5ccc(F)c(Cl)c5)c4n3)C2)CC1. The van der Waals surface area contributed by atoms with Gasteiger partial charge in [-0.2, -0.15) is 0 Å². The number of fused-ring (bicyclic) bond motifs is 1. The van der Waals surface area contributed by atoms with Crippen LogP contribution in [-0.4, -0.2) is 68.1 Å². The third kappa shape index (κ3) is 5.43. The highest BCUT2D eigenvalue weighted by molar-refractivity contribution is 6.31. The maximum Gasteiger partial charge on any atom is 0.303 e. The number of carbonyl (C=O) groups is 1. The smallest absolute Gasteiger partial charge is 0.303 e. The van der Waals surface area contributed by atoms with Crippen LogP contribution in [0.15, 0.2) is 30.7 Å². The van der Waals surface area contributed by atoms with Crippen molar-refractivity contribution in [3.05, 3.63) is 41.6 Å². The van der Waals surface area contributed by atoms with Crippen molar-refractivity contribution in [2.45, 2.75) is 38.1 Å². The van der Waals surface area contributed by atoms with Crippen LogP contribution >= 0.6 is 11.6 Å². The number of benzene rings is 1. The van der Waals surface area contributed by atoms with Gasteiger partial charge < -0.3 is 15.3 Å². The molecule has 4 heterocycles. The molecule has 0 spiro atoms. The summed E-state index contributed by atoms with van der Waals surface area (Å²) in [6, 6.07) is 4.82. The quantitative estimate of drug-likeness (QED) is 0.496. The van der Waals surface area contributed by atoms with Crippen LogP contribution in [0.2, 0.25) is 5.02 Å². The van der Waals surface area contributed by atoms with Gasteiger partial charge in [0.15, 0.2) is 5.82 Å². The number of carboxylic acids is 1. The molecule has 0 amide bonds. The van der Waals surface area contributed by atoms with Crippen LogP contribution in [0.4, 0.5) is 21.8 Å². The largest absolute Gasteiger partial charge is 0.481 e. The lowest BCUT2D eigenvalue weighted by Gasteiger charge is -2.35. The zero-order valence-corrected chi connectivity index (χ0v) is 20.0. The average molecular weight is 500 g/mol. The molecule has 2 aliphatic heterocycles. The average Bonchev–Trinajstić information content (AvgIpc) is 3.36. The molecule has 2 N–H and O–H groups in total. The summed E-state index contributed by atoms with van der Waals surface area (Å²) < 4.78 is 13.5. The topological polar surface area (TPSA) is 107 Å². The Bertz CT molecular complexity index is 1220. The molecule has 2 aliphatic rings. The summed E-state index contributed by atoms with van der Waals surface area (Å²) in [5.41, 5.74) is 1.80. The Kier molecular flexibility index (Phi) is 6.92. The molecular formula is C24H27ClFN7O2. The molecule has 184 valence electrons. The van der Waals surface area contributed by atoms with E-state index in [9.17, 15) is 9.18 Å². The molecule has 1 unspecified atom stereocenters. The van der Waals surface area contributed by atoms with Crippen LogP contribution in [0, 0.1) is 11.7 Å². The van der Waals surface area contributed by atoms with E-state index in [-0.39, 0.29) is 11.4 Å². The van der Waals surface area contributed by atoms with Gasteiger partial charge in [-0.25, -0.2) is 24.3 Å². The number of carboxylic acid groups (broad SMARTS) is 1. The van der Waals surface area contributed by atoms with Gasteiger partial charge in [0.25, 0.3) is 0 Å². The Labute approximate surface area is 207 Å². The second-order valence-corrected chi connectivity index (χ2v) is 9.59. The number of hydrogen-bond acceptors (Lipinski definition) is 8. The fourth-order valence-corrected chi connectivity index (χ4v) is 5.14. The second-order valence-electron chi connectivity index (χ2n) is 9.18. The lowest BCUT2D eigenvalue weighted by molar-refractivity contribution is -0.137. The predicted molar refractivity (Wildman–Crippen MR) is 132 cm³/mol. The molecule has 2 aromatic heterocycles. The van der Waals surface area contributed by atoms with Crippen molar-refractivity contribution in [3.8, 4) is 0 Å². The van der Waals surface area contributed by atoms with E-state index in [4.69, 9.17) is 21.7 Å². The van der Waals surface area contributed by atoms with Gasteiger partial charge in [0.05, 0.1) is 11.2 Å². The number of rotatable bonds is 7. The normalized spacial score (nSPS) is 19.4. The number of aliphatic carboxylic acids is 1. The lowest BCUT2D eigenvalue weighted by Crippen LogP contribution is -2.43. The van der Waals surface area contributed by atoms with E-state index in [0.29, 0.717) is 40.4 Å². The highest BCUT2D eigenvalue weighted by Gasteiger charge is 2.32. The van der Waals surface area contributed by atoms with Crippen molar-refractivity contribution in [3.63, 3.8) is 0 Å². The van der Waals surface area contributed by atoms with Gasteiger partial charge in [0, 0.05) is 31.2 Å². The lowest BCUT2D eigenvalue weighted by atomic mass is 9.91. The van der Waals surface area contributed by atoms with Gasteiger partial charge in [-0.3, -0.25) is 9.69 Å². The van der Waals surface area contributed by atoms with Crippen molar-refractivity contribution in [2.24, 2.45) is 5.92 Å². The maximum atomic E-state index is 13.5. The number of likely N-dealkylation sites (tertiary alicyclic amines) is 1. The van der Waals surface area contributed by atoms with Crippen molar-refractivity contribution >= 4 is 46.1 Å². The summed E-state index contributed by atoms with van der Waals surface area (Å²) in [6.45, 7) is 3.71. The molecule has 0 bridgehead atoms. The van der Waals surface area contributed by atoms with Crippen LogP contribution < -0.4 is 10.2 Å². The van der Waals surface area contributed by atoms with Gasteiger partial charge >= 0.3 is 5.97 Å². The fraction of sp³-hybridized carbons (Fsp3) is 0.458. The molecule has 2 fully saturated rings.